The third-order valence-corrected chi connectivity index (χ3v) is 1.88. The third kappa shape index (κ3) is 2.53. The molecule has 0 bridgehead atoms. The van der Waals surface area contributed by atoms with E-state index in [1.54, 1.807) is 0 Å². The van der Waals surface area contributed by atoms with E-state index in [9.17, 15) is 26.7 Å². The van der Waals surface area contributed by atoms with Crippen LogP contribution >= 0.6 is 0 Å². The smallest absolute Gasteiger partial charge is 0.417 e. The molecule has 0 atom stereocenters. The molecular formula is C9H3F5N2O2. The molecule has 1 aromatic heterocycles. The monoisotopic (exact) mass is 266 g/mol. The van der Waals surface area contributed by atoms with Crippen LogP contribution < -0.4 is 0 Å². The molecular weight excluding hydrogens is 263 g/mol. The summed E-state index contributed by atoms with van der Waals surface area (Å²) in [6.07, 6.45) is -8.50. The minimum atomic E-state index is -5.12. The summed E-state index contributed by atoms with van der Waals surface area (Å²) in [6, 6.07) is 0.978. The van der Waals surface area contributed by atoms with Gasteiger partial charge in [-0.25, -0.2) is 18.6 Å². The van der Waals surface area contributed by atoms with Crippen LogP contribution in [0.3, 0.4) is 0 Å². The molecule has 0 aromatic carbocycles. The van der Waals surface area contributed by atoms with Gasteiger partial charge in [-0.15, -0.1) is 0 Å². The summed E-state index contributed by atoms with van der Waals surface area (Å²) in [5.74, 6) is -1.99. The number of carboxylic acids is 1. The number of nitriles is 1. The fourth-order valence-electron chi connectivity index (χ4n) is 1.17. The number of alkyl halides is 5. The van der Waals surface area contributed by atoms with Crippen molar-refractivity contribution < 1.29 is 31.9 Å². The van der Waals surface area contributed by atoms with Gasteiger partial charge >= 0.3 is 12.1 Å². The van der Waals surface area contributed by atoms with Crippen LogP contribution in [0.4, 0.5) is 22.0 Å². The molecule has 18 heavy (non-hydrogen) atoms. The molecule has 1 heterocycles. The summed E-state index contributed by atoms with van der Waals surface area (Å²) >= 11 is 0. The van der Waals surface area contributed by atoms with Crippen LogP contribution in [0.25, 0.3) is 0 Å². The van der Waals surface area contributed by atoms with Crippen molar-refractivity contribution in [1.29, 1.82) is 5.26 Å². The van der Waals surface area contributed by atoms with Crippen LogP contribution in [0.1, 0.15) is 33.7 Å². The lowest BCUT2D eigenvalue weighted by Gasteiger charge is -2.12. The first-order valence-corrected chi connectivity index (χ1v) is 4.22. The van der Waals surface area contributed by atoms with Crippen LogP contribution in [-0.4, -0.2) is 16.1 Å². The zero-order valence-corrected chi connectivity index (χ0v) is 8.29. The van der Waals surface area contributed by atoms with Crippen LogP contribution in [0.15, 0.2) is 6.07 Å². The summed E-state index contributed by atoms with van der Waals surface area (Å²) in [6.45, 7) is 0. The molecule has 4 nitrogen and oxygen atoms in total. The van der Waals surface area contributed by atoms with Crippen molar-refractivity contribution in [2.45, 2.75) is 12.6 Å². The van der Waals surface area contributed by atoms with E-state index in [0.717, 1.165) is 6.07 Å². The van der Waals surface area contributed by atoms with Gasteiger partial charge in [0.25, 0.3) is 6.43 Å². The van der Waals surface area contributed by atoms with Gasteiger partial charge in [-0.05, 0) is 6.07 Å². The summed E-state index contributed by atoms with van der Waals surface area (Å²) < 4.78 is 62.1. The van der Waals surface area contributed by atoms with Crippen molar-refractivity contribution in [2.24, 2.45) is 0 Å². The number of aromatic carboxylic acids is 1. The number of aromatic nitrogens is 1. The Morgan fingerprint density at radius 3 is 2.33 bits per heavy atom. The lowest BCUT2D eigenvalue weighted by Crippen LogP contribution is -2.16. The second-order valence-corrected chi connectivity index (χ2v) is 3.03. The van der Waals surface area contributed by atoms with E-state index in [-0.39, 0.29) is 6.07 Å². The lowest BCUT2D eigenvalue weighted by molar-refractivity contribution is -0.138. The second-order valence-electron chi connectivity index (χ2n) is 3.03. The Morgan fingerprint density at radius 2 is 2.00 bits per heavy atom. The van der Waals surface area contributed by atoms with Crippen molar-refractivity contribution in [2.75, 3.05) is 0 Å². The molecule has 0 radical (unpaired) electrons. The highest BCUT2D eigenvalue weighted by Gasteiger charge is 2.37. The van der Waals surface area contributed by atoms with Gasteiger partial charge < -0.3 is 5.11 Å². The van der Waals surface area contributed by atoms with E-state index in [2.05, 4.69) is 4.98 Å². The average Bonchev–Trinajstić information content (AvgIpc) is 2.25. The van der Waals surface area contributed by atoms with Crippen LogP contribution in [0.2, 0.25) is 0 Å². The van der Waals surface area contributed by atoms with Crippen molar-refractivity contribution in [1.82, 2.24) is 4.98 Å². The van der Waals surface area contributed by atoms with Crippen molar-refractivity contribution in [3.05, 3.63) is 28.6 Å². The lowest BCUT2D eigenvalue weighted by atomic mass is 10.1. The number of carbonyl (C=O) groups is 1. The Hall–Kier alpha value is -2.24. The SMILES string of the molecule is N#Cc1c(C(F)(F)F)cc(C(F)F)nc1C(=O)O. The van der Waals surface area contributed by atoms with E-state index in [1.165, 1.54) is 0 Å². The van der Waals surface area contributed by atoms with Crippen molar-refractivity contribution in [3.8, 4) is 6.07 Å². The van der Waals surface area contributed by atoms with Gasteiger partial charge in [0.15, 0.2) is 5.69 Å². The first-order chi connectivity index (χ1) is 8.18. The molecule has 1 rings (SSSR count). The number of pyridine rings is 1. The highest BCUT2D eigenvalue weighted by Crippen LogP contribution is 2.34. The fourth-order valence-corrected chi connectivity index (χ4v) is 1.17. The maximum absolute atomic E-state index is 12.5. The number of carboxylic acid groups (broad SMARTS) is 1. The van der Waals surface area contributed by atoms with E-state index in [1.807, 2.05) is 0 Å². The molecule has 96 valence electrons. The number of halogens is 5. The summed E-state index contributed by atoms with van der Waals surface area (Å²) in [5, 5.41) is 17.1. The van der Waals surface area contributed by atoms with Gasteiger partial charge in [0, 0.05) is 0 Å². The van der Waals surface area contributed by atoms with Gasteiger partial charge in [-0.3, -0.25) is 0 Å². The summed E-state index contributed by atoms with van der Waals surface area (Å²) in [4.78, 5) is 13.5. The van der Waals surface area contributed by atoms with Crippen LogP contribution in [0.5, 0.6) is 0 Å². The summed E-state index contributed by atoms with van der Waals surface area (Å²) in [7, 11) is 0. The first kappa shape index (κ1) is 13.8. The second kappa shape index (κ2) is 4.56. The Bertz CT molecular complexity index is 533. The van der Waals surface area contributed by atoms with Crippen molar-refractivity contribution in [3.63, 3.8) is 0 Å². The quantitative estimate of drug-likeness (QED) is 0.835. The molecule has 0 aliphatic rings. The Morgan fingerprint density at radius 1 is 1.44 bits per heavy atom. The standard InChI is InChI=1S/C9H3F5N2O2/c10-7(11)5-1-4(9(12,13)14)3(2-15)6(16-5)8(17)18/h1,7H,(H,17,18). The minimum absolute atomic E-state index is 0.0321. The zero-order chi connectivity index (χ0) is 14.1. The Labute approximate surface area is 96.3 Å². The maximum Gasteiger partial charge on any atom is 0.417 e. The molecule has 0 aliphatic heterocycles. The highest BCUT2D eigenvalue weighted by molar-refractivity contribution is 5.89. The topological polar surface area (TPSA) is 74.0 Å². The Kier molecular flexibility index (Phi) is 3.50. The number of rotatable bonds is 2. The molecule has 0 saturated carbocycles. The molecule has 9 heteroatoms. The molecule has 0 spiro atoms. The predicted octanol–water partition coefficient (Wildman–Crippen LogP) is 2.61. The number of hydrogen-bond acceptors (Lipinski definition) is 3. The van der Waals surface area contributed by atoms with E-state index >= 15 is 0 Å². The van der Waals surface area contributed by atoms with Gasteiger partial charge in [-0.1, -0.05) is 0 Å². The molecule has 1 aromatic rings. The van der Waals surface area contributed by atoms with E-state index < -0.39 is 41.1 Å². The minimum Gasteiger partial charge on any atom is -0.476 e. The third-order valence-electron chi connectivity index (χ3n) is 1.88. The predicted molar refractivity (Wildman–Crippen MR) is 45.9 cm³/mol. The fraction of sp³-hybridized carbons (Fsp3) is 0.222. The van der Waals surface area contributed by atoms with Gasteiger partial charge in [-0.2, -0.15) is 18.4 Å². The maximum atomic E-state index is 12.5. The van der Waals surface area contributed by atoms with Gasteiger partial charge in [0.2, 0.25) is 0 Å². The normalized spacial score (nSPS) is 11.4. The largest absolute Gasteiger partial charge is 0.476 e. The van der Waals surface area contributed by atoms with Crippen molar-refractivity contribution >= 4 is 5.97 Å². The van der Waals surface area contributed by atoms with Gasteiger partial charge in [0.05, 0.1) is 11.1 Å². The molecule has 0 fully saturated rings. The zero-order valence-electron chi connectivity index (χ0n) is 8.29. The van der Waals surface area contributed by atoms with Crippen LogP contribution in [-0.2, 0) is 6.18 Å². The molecule has 0 amide bonds. The van der Waals surface area contributed by atoms with Crippen LogP contribution in [0, 0.1) is 11.3 Å². The Balaban J connectivity index is 3.69. The molecule has 0 aliphatic carbocycles. The molecule has 0 unspecified atom stereocenters. The van der Waals surface area contributed by atoms with E-state index in [4.69, 9.17) is 10.4 Å². The van der Waals surface area contributed by atoms with E-state index in [0.29, 0.717) is 0 Å². The molecule has 0 saturated heterocycles. The summed E-state index contributed by atoms with van der Waals surface area (Å²) in [5.41, 5.74) is -5.73. The number of hydrogen-bond donors (Lipinski definition) is 1. The average molecular weight is 266 g/mol. The first-order valence-electron chi connectivity index (χ1n) is 4.22. The van der Waals surface area contributed by atoms with Gasteiger partial charge in [0.1, 0.15) is 11.8 Å². The highest BCUT2D eigenvalue weighted by atomic mass is 19.4. The number of nitrogens with zero attached hydrogens (tertiary/aromatic N) is 2. The molecule has 1 N–H and O–H groups in total.